The fourth-order valence-corrected chi connectivity index (χ4v) is 5.98. The fraction of sp³-hybridized carbons (Fsp3) is 0.520. The first-order valence-corrected chi connectivity index (χ1v) is 11.9. The van der Waals surface area contributed by atoms with Crippen molar-refractivity contribution in [3.05, 3.63) is 30.0 Å². The van der Waals surface area contributed by atoms with Gasteiger partial charge >= 0.3 is 0 Å². The summed E-state index contributed by atoms with van der Waals surface area (Å²) >= 11 is 0. The number of H-pyrrole nitrogens is 1. The number of nitrogens with zero attached hydrogens (tertiary/aromatic N) is 2. The van der Waals surface area contributed by atoms with Gasteiger partial charge in [0, 0.05) is 29.9 Å². The maximum atomic E-state index is 13.6. The molecule has 3 aliphatic rings. The van der Waals surface area contributed by atoms with E-state index in [0.717, 1.165) is 30.2 Å². The van der Waals surface area contributed by atoms with Crippen molar-refractivity contribution in [3.63, 3.8) is 0 Å². The third-order valence-corrected chi connectivity index (χ3v) is 7.65. The van der Waals surface area contributed by atoms with Gasteiger partial charge in [0.1, 0.15) is 23.5 Å². The lowest BCUT2D eigenvalue weighted by atomic mass is 9.92. The summed E-state index contributed by atoms with van der Waals surface area (Å²) in [6, 6.07) is 8.10. The molecule has 1 aromatic heterocycles. The normalized spacial score (nSPS) is 26.7. The van der Waals surface area contributed by atoms with Gasteiger partial charge in [-0.3, -0.25) is 14.4 Å². The smallest absolute Gasteiger partial charge is 0.271 e. The highest BCUT2D eigenvalue weighted by atomic mass is 16.5. The quantitative estimate of drug-likeness (QED) is 0.603. The minimum Gasteiger partial charge on any atom is -0.496 e. The molecule has 3 amide bonds. The number of amides is 3. The summed E-state index contributed by atoms with van der Waals surface area (Å²) in [6.07, 6.45) is 3.85. The molecule has 0 bridgehead atoms. The van der Waals surface area contributed by atoms with Crippen LogP contribution in [0.4, 0.5) is 0 Å². The monoisotopic (exact) mass is 463 g/mol. The number of nitrogens with one attached hydrogen (secondary N) is 3. The molecule has 2 saturated heterocycles. The van der Waals surface area contributed by atoms with Crippen LogP contribution in [0.15, 0.2) is 24.3 Å². The lowest BCUT2D eigenvalue weighted by molar-refractivity contribution is -0.127. The van der Waals surface area contributed by atoms with Crippen LogP contribution < -0.4 is 15.4 Å². The van der Waals surface area contributed by atoms with Crippen molar-refractivity contribution in [3.8, 4) is 11.8 Å². The molecule has 5 rings (SSSR count). The number of hydrogen-bond acceptors (Lipinski definition) is 5. The highest BCUT2D eigenvalue weighted by molar-refractivity contribution is 6.02. The summed E-state index contributed by atoms with van der Waals surface area (Å²) in [5.41, 5.74) is 1.21. The number of fused-ring (bicyclic) bond motifs is 2. The van der Waals surface area contributed by atoms with Crippen LogP contribution >= 0.6 is 0 Å². The third kappa shape index (κ3) is 3.87. The van der Waals surface area contributed by atoms with Crippen LogP contribution in [0.5, 0.6) is 5.75 Å². The molecule has 2 aliphatic heterocycles. The molecule has 1 aromatic carbocycles. The number of benzene rings is 1. The first kappa shape index (κ1) is 22.3. The molecule has 5 atom stereocenters. The van der Waals surface area contributed by atoms with E-state index in [1.54, 1.807) is 18.1 Å². The van der Waals surface area contributed by atoms with Crippen molar-refractivity contribution < 1.29 is 19.1 Å². The van der Waals surface area contributed by atoms with Gasteiger partial charge in [0.2, 0.25) is 11.8 Å². The maximum Gasteiger partial charge on any atom is 0.271 e. The predicted molar refractivity (Wildman–Crippen MR) is 124 cm³/mol. The Morgan fingerprint density at radius 2 is 2.18 bits per heavy atom. The van der Waals surface area contributed by atoms with Crippen LogP contribution in [-0.4, -0.2) is 59.9 Å². The zero-order chi connectivity index (χ0) is 23.8. The first-order chi connectivity index (χ1) is 16.5. The van der Waals surface area contributed by atoms with Gasteiger partial charge in [0.25, 0.3) is 5.91 Å². The summed E-state index contributed by atoms with van der Waals surface area (Å²) < 4.78 is 5.42. The molecule has 34 heavy (non-hydrogen) atoms. The van der Waals surface area contributed by atoms with Gasteiger partial charge in [0.05, 0.1) is 13.2 Å². The van der Waals surface area contributed by atoms with Crippen LogP contribution in [0.3, 0.4) is 0 Å². The van der Waals surface area contributed by atoms with E-state index in [9.17, 15) is 19.6 Å². The molecule has 9 nitrogen and oxygen atoms in total. The summed E-state index contributed by atoms with van der Waals surface area (Å²) in [7, 11) is 1.59. The Morgan fingerprint density at radius 1 is 1.32 bits per heavy atom. The lowest BCUT2D eigenvalue weighted by Gasteiger charge is -2.28. The Bertz CT molecular complexity index is 1170. The maximum absolute atomic E-state index is 13.6. The Morgan fingerprint density at radius 3 is 2.91 bits per heavy atom. The van der Waals surface area contributed by atoms with Gasteiger partial charge < -0.3 is 25.3 Å². The largest absolute Gasteiger partial charge is 0.496 e. The van der Waals surface area contributed by atoms with Crippen molar-refractivity contribution in [2.45, 2.75) is 44.2 Å². The Labute approximate surface area is 197 Å². The van der Waals surface area contributed by atoms with Gasteiger partial charge in [0.15, 0.2) is 0 Å². The van der Waals surface area contributed by atoms with Crippen molar-refractivity contribution in [1.82, 2.24) is 20.5 Å². The number of rotatable bonds is 6. The molecule has 3 fully saturated rings. The van der Waals surface area contributed by atoms with E-state index >= 15 is 0 Å². The summed E-state index contributed by atoms with van der Waals surface area (Å²) in [5.74, 6) is 0.159. The fourth-order valence-electron chi connectivity index (χ4n) is 5.98. The summed E-state index contributed by atoms with van der Waals surface area (Å²) in [6.45, 7) is 1.12. The summed E-state index contributed by atoms with van der Waals surface area (Å²) in [4.78, 5) is 43.8. The van der Waals surface area contributed by atoms with Crippen molar-refractivity contribution >= 4 is 28.6 Å². The molecule has 2 aromatic rings. The van der Waals surface area contributed by atoms with Crippen molar-refractivity contribution in [2.75, 3.05) is 20.2 Å². The molecular formula is C25H29N5O4. The predicted octanol–water partition coefficient (Wildman–Crippen LogP) is 1.95. The first-order valence-electron chi connectivity index (χ1n) is 11.9. The second-order valence-electron chi connectivity index (χ2n) is 9.56. The summed E-state index contributed by atoms with van der Waals surface area (Å²) in [5, 5.41) is 16.1. The number of hydrogen-bond donors (Lipinski definition) is 3. The zero-order valence-electron chi connectivity index (χ0n) is 19.2. The molecule has 0 spiro atoms. The molecule has 1 saturated carbocycles. The molecule has 9 heteroatoms. The molecule has 3 N–H and O–H groups in total. The van der Waals surface area contributed by atoms with Crippen molar-refractivity contribution in [2.24, 2.45) is 17.8 Å². The molecule has 1 aliphatic carbocycles. The standard InChI is InChI=1S/C25H29N5O4/c1-34-21-7-3-6-19-18(21)11-20(29-19)25(33)30-13-15-4-2-5-17(15)22(30)24(32)28-16(12-26)10-14-8-9-27-23(14)31/h3,6-7,11,14-17,22,29H,2,4-5,8-10,13H2,1H3,(H,27,31)(H,28,32). The number of aromatic nitrogens is 1. The minimum atomic E-state index is -0.768. The average Bonchev–Trinajstić information content (AvgIpc) is 3.61. The average molecular weight is 464 g/mol. The lowest BCUT2D eigenvalue weighted by Crippen LogP contribution is -2.51. The van der Waals surface area contributed by atoms with E-state index in [1.165, 1.54) is 0 Å². The SMILES string of the molecule is COc1cccc2[nH]c(C(=O)N3CC4CCCC4C3C(=O)NC(C#N)CC3CCNC3=O)cc12. The number of methoxy groups -OCH3 is 1. The van der Waals surface area contributed by atoms with Crippen LogP contribution in [0.2, 0.25) is 0 Å². The van der Waals surface area contributed by atoms with E-state index in [4.69, 9.17) is 4.74 Å². The topological polar surface area (TPSA) is 127 Å². The number of carbonyl (C=O) groups is 3. The second kappa shape index (κ2) is 9.01. The van der Waals surface area contributed by atoms with Gasteiger partial charge in [-0.2, -0.15) is 5.26 Å². The second-order valence-corrected chi connectivity index (χ2v) is 9.56. The van der Waals surface area contributed by atoms with Crippen LogP contribution in [0.1, 0.15) is 42.6 Å². The third-order valence-electron chi connectivity index (χ3n) is 7.65. The van der Waals surface area contributed by atoms with Gasteiger partial charge in [-0.1, -0.05) is 12.5 Å². The van der Waals surface area contributed by atoms with E-state index in [-0.39, 0.29) is 41.9 Å². The Balaban J connectivity index is 1.37. The number of ether oxygens (including phenoxy) is 1. The van der Waals surface area contributed by atoms with Gasteiger partial charge in [-0.25, -0.2) is 0 Å². The van der Waals surface area contributed by atoms with Gasteiger partial charge in [-0.05, 0) is 55.7 Å². The molecule has 178 valence electrons. The highest BCUT2D eigenvalue weighted by Gasteiger charge is 2.50. The number of aromatic amines is 1. The molecular weight excluding hydrogens is 434 g/mol. The van der Waals surface area contributed by atoms with Crippen LogP contribution in [0, 0.1) is 29.1 Å². The minimum absolute atomic E-state index is 0.0720. The van der Waals surface area contributed by atoms with E-state index in [2.05, 4.69) is 21.7 Å². The molecule has 5 unspecified atom stereocenters. The van der Waals surface area contributed by atoms with E-state index < -0.39 is 12.1 Å². The zero-order valence-corrected chi connectivity index (χ0v) is 19.2. The van der Waals surface area contributed by atoms with Crippen LogP contribution in [0.25, 0.3) is 10.9 Å². The Hall–Kier alpha value is -3.54. The van der Waals surface area contributed by atoms with E-state index in [1.807, 2.05) is 18.2 Å². The van der Waals surface area contributed by atoms with Crippen LogP contribution in [-0.2, 0) is 9.59 Å². The number of likely N-dealkylation sites (tertiary alicyclic amines) is 1. The number of carbonyl (C=O) groups excluding carboxylic acids is 3. The van der Waals surface area contributed by atoms with Gasteiger partial charge in [-0.15, -0.1) is 0 Å². The van der Waals surface area contributed by atoms with E-state index in [0.29, 0.717) is 31.0 Å². The Kier molecular flexibility index (Phi) is 5.90. The molecule has 3 heterocycles. The molecule has 0 radical (unpaired) electrons. The highest BCUT2D eigenvalue weighted by Crippen LogP contribution is 2.43. The number of nitriles is 1. The van der Waals surface area contributed by atoms with Crippen molar-refractivity contribution in [1.29, 1.82) is 5.26 Å².